The lowest BCUT2D eigenvalue weighted by molar-refractivity contribution is -0.162. The zero-order valence-electron chi connectivity index (χ0n) is 17.8. The van der Waals surface area contributed by atoms with Crippen LogP contribution in [-0.2, 0) is 27.3 Å². The van der Waals surface area contributed by atoms with Crippen molar-refractivity contribution in [3.8, 4) is 11.5 Å². The van der Waals surface area contributed by atoms with Crippen LogP contribution in [0.25, 0.3) is 0 Å². The van der Waals surface area contributed by atoms with Crippen LogP contribution < -0.4 is 14.8 Å². The summed E-state index contributed by atoms with van der Waals surface area (Å²) in [5.74, 6) is -5.60. The molecule has 0 bridgehead atoms. The third kappa shape index (κ3) is 6.13. The van der Waals surface area contributed by atoms with E-state index in [1.165, 1.54) is 20.1 Å². The van der Waals surface area contributed by atoms with E-state index >= 15 is 0 Å². The highest BCUT2D eigenvalue weighted by molar-refractivity contribution is 5.78. The smallest absolute Gasteiger partial charge is 0.336 e. The second kappa shape index (κ2) is 10.9. The fourth-order valence-electron chi connectivity index (χ4n) is 2.93. The van der Waals surface area contributed by atoms with Gasteiger partial charge in [-0.15, -0.1) is 0 Å². The lowest BCUT2D eigenvalue weighted by atomic mass is 9.96. The molecule has 0 spiro atoms. The molecule has 7 nitrogen and oxygen atoms in total. The molecule has 0 aliphatic rings. The van der Waals surface area contributed by atoms with Crippen LogP contribution >= 0.6 is 0 Å². The number of hydrogen-bond donors (Lipinski definition) is 2. The van der Waals surface area contributed by atoms with Crippen molar-refractivity contribution in [3.63, 3.8) is 0 Å². The van der Waals surface area contributed by atoms with Gasteiger partial charge in [-0.3, -0.25) is 4.79 Å². The first kappa shape index (κ1) is 25.0. The maximum absolute atomic E-state index is 13.7. The Hall–Kier alpha value is -3.27. The fourth-order valence-corrected chi connectivity index (χ4v) is 2.93. The molecular formula is C22H24F3NO6. The normalized spacial score (nSPS) is 12.7. The van der Waals surface area contributed by atoms with Gasteiger partial charge in [0.05, 0.1) is 7.11 Å². The number of methoxy groups -OCH3 is 1. The van der Waals surface area contributed by atoms with Gasteiger partial charge in [-0.05, 0) is 37.6 Å². The van der Waals surface area contributed by atoms with E-state index in [0.717, 1.165) is 12.1 Å². The minimum absolute atomic E-state index is 0.0398. The standard InChI is InChI=1S/C22H24F3NO6/c1-4-32-22(2,21(28)29)10-13-5-8-16(30-3)17(9-13)31-12-18(27)26-11-14-6-7-15(23)20(25)19(14)24/h5-9H,4,10-12H2,1-3H3,(H,26,27)(H,28,29). The Morgan fingerprint density at radius 2 is 1.81 bits per heavy atom. The maximum Gasteiger partial charge on any atom is 0.336 e. The molecule has 1 amide bonds. The zero-order valence-corrected chi connectivity index (χ0v) is 17.8. The van der Waals surface area contributed by atoms with Gasteiger partial charge in [-0.25, -0.2) is 18.0 Å². The van der Waals surface area contributed by atoms with Crippen molar-refractivity contribution in [2.24, 2.45) is 0 Å². The topological polar surface area (TPSA) is 94.1 Å². The van der Waals surface area contributed by atoms with Crippen molar-refractivity contribution in [2.45, 2.75) is 32.4 Å². The SMILES string of the molecule is CCOC(C)(Cc1ccc(OC)c(OCC(=O)NCc2ccc(F)c(F)c2F)c1)C(=O)O. The first-order chi connectivity index (χ1) is 15.1. The van der Waals surface area contributed by atoms with Crippen molar-refractivity contribution in [1.82, 2.24) is 5.32 Å². The minimum Gasteiger partial charge on any atom is -0.493 e. The molecule has 0 aliphatic carbocycles. The summed E-state index contributed by atoms with van der Waals surface area (Å²) in [5, 5.41) is 11.8. The number of rotatable bonds is 11. The summed E-state index contributed by atoms with van der Waals surface area (Å²) >= 11 is 0. The molecule has 2 aromatic rings. The molecule has 2 aromatic carbocycles. The molecule has 1 atom stereocenters. The van der Waals surface area contributed by atoms with Gasteiger partial charge in [0.1, 0.15) is 0 Å². The number of carbonyl (C=O) groups is 2. The highest BCUT2D eigenvalue weighted by atomic mass is 19.2. The number of benzene rings is 2. The van der Waals surface area contributed by atoms with Crippen LogP contribution in [0.2, 0.25) is 0 Å². The summed E-state index contributed by atoms with van der Waals surface area (Å²) in [6.45, 7) is 2.50. The molecule has 0 aliphatic heterocycles. The highest BCUT2D eigenvalue weighted by Crippen LogP contribution is 2.30. The second-order valence-electron chi connectivity index (χ2n) is 7.03. The van der Waals surface area contributed by atoms with Gasteiger partial charge in [0.25, 0.3) is 5.91 Å². The molecule has 0 aromatic heterocycles. The third-order valence-electron chi connectivity index (χ3n) is 4.63. The summed E-state index contributed by atoms with van der Waals surface area (Å²) < 4.78 is 56.0. The predicted octanol–water partition coefficient (Wildman–Crippen LogP) is 3.23. The van der Waals surface area contributed by atoms with E-state index in [1.807, 2.05) is 0 Å². The molecule has 0 radical (unpaired) electrons. The number of amides is 1. The van der Waals surface area contributed by atoms with E-state index in [2.05, 4.69) is 5.32 Å². The third-order valence-corrected chi connectivity index (χ3v) is 4.63. The summed E-state index contributed by atoms with van der Waals surface area (Å²) in [5.41, 5.74) is -1.10. The van der Waals surface area contributed by atoms with Gasteiger partial charge in [0.2, 0.25) is 0 Å². The molecule has 1 unspecified atom stereocenters. The average molecular weight is 455 g/mol. The number of ether oxygens (including phenoxy) is 3. The van der Waals surface area contributed by atoms with E-state index in [4.69, 9.17) is 14.2 Å². The summed E-state index contributed by atoms with van der Waals surface area (Å²) in [4.78, 5) is 23.7. The van der Waals surface area contributed by atoms with Crippen LogP contribution in [0.15, 0.2) is 30.3 Å². The van der Waals surface area contributed by atoms with Crippen molar-refractivity contribution in [3.05, 3.63) is 58.9 Å². The second-order valence-corrected chi connectivity index (χ2v) is 7.03. The zero-order chi connectivity index (χ0) is 23.9. The van der Waals surface area contributed by atoms with Gasteiger partial charge in [-0.2, -0.15) is 0 Å². The summed E-state index contributed by atoms with van der Waals surface area (Å²) in [6.07, 6.45) is 0.0398. The Kier molecular flexibility index (Phi) is 8.48. The lowest BCUT2D eigenvalue weighted by Crippen LogP contribution is -2.40. The quantitative estimate of drug-likeness (QED) is 0.506. The predicted molar refractivity (Wildman–Crippen MR) is 108 cm³/mol. The fraction of sp³-hybridized carbons (Fsp3) is 0.364. The maximum atomic E-state index is 13.7. The monoisotopic (exact) mass is 455 g/mol. The summed E-state index contributed by atoms with van der Waals surface area (Å²) in [6, 6.07) is 6.53. The Bertz CT molecular complexity index is 984. The molecule has 174 valence electrons. The van der Waals surface area contributed by atoms with Crippen molar-refractivity contribution in [1.29, 1.82) is 0 Å². The Morgan fingerprint density at radius 3 is 2.44 bits per heavy atom. The Labute approximate surface area is 183 Å². The van der Waals surface area contributed by atoms with E-state index in [0.29, 0.717) is 11.3 Å². The molecule has 0 heterocycles. The number of nitrogens with one attached hydrogen (secondary N) is 1. The molecule has 2 rings (SSSR count). The summed E-state index contributed by atoms with van der Waals surface area (Å²) in [7, 11) is 1.40. The van der Waals surface area contributed by atoms with Crippen LogP contribution in [-0.4, -0.2) is 42.9 Å². The molecule has 0 saturated carbocycles. The van der Waals surface area contributed by atoms with E-state index in [-0.39, 0.29) is 30.9 Å². The number of halogens is 3. The molecular weight excluding hydrogens is 431 g/mol. The molecule has 32 heavy (non-hydrogen) atoms. The minimum atomic E-state index is -1.62. The van der Waals surface area contributed by atoms with Gasteiger partial charge >= 0.3 is 5.97 Å². The molecule has 0 fully saturated rings. The van der Waals surface area contributed by atoms with Crippen LogP contribution in [0.5, 0.6) is 11.5 Å². The molecule has 0 saturated heterocycles. The Balaban J connectivity index is 2.05. The van der Waals surface area contributed by atoms with Crippen LogP contribution in [0.1, 0.15) is 25.0 Å². The van der Waals surface area contributed by atoms with Crippen molar-refractivity contribution < 1.29 is 42.1 Å². The number of carboxylic acid groups (broad SMARTS) is 1. The van der Waals surface area contributed by atoms with Crippen LogP contribution in [0.3, 0.4) is 0 Å². The lowest BCUT2D eigenvalue weighted by Gasteiger charge is -2.25. The van der Waals surface area contributed by atoms with Crippen molar-refractivity contribution in [2.75, 3.05) is 20.3 Å². The number of carbonyl (C=O) groups excluding carboxylic acids is 1. The van der Waals surface area contributed by atoms with Gasteiger partial charge in [0, 0.05) is 25.1 Å². The first-order valence-corrected chi connectivity index (χ1v) is 9.67. The van der Waals surface area contributed by atoms with Gasteiger partial charge < -0.3 is 24.6 Å². The van der Waals surface area contributed by atoms with E-state index < -0.39 is 41.5 Å². The first-order valence-electron chi connectivity index (χ1n) is 9.67. The van der Waals surface area contributed by atoms with Gasteiger partial charge in [0.15, 0.2) is 41.2 Å². The van der Waals surface area contributed by atoms with Crippen LogP contribution in [0.4, 0.5) is 13.2 Å². The number of hydrogen-bond acceptors (Lipinski definition) is 5. The van der Waals surface area contributed by atoms with Gasteiger partial charge in [-0.1, -0.05) is 12.1 Å². The van der Waals surface area contributed by atoms with E-state index in [1.54, 1.807) is 19.1 Å². The average Bonchev–Trinajstić information content (AvgIpc) is 2.75. The number of aliphatic carboxylic acids is 1. The van der Waals surface area contributed by atoms with E-state index in [9.17, 15) is 27.9 Å². The molecule has 10 heteroatoms. The highest BCUT2D eigenvalue weighted by Gasteiger charge is 2.34. The Morgan fingerprint density at radius 1 is 1.09 bits per heavy atom. The largest absolute Gasteiger partial charge is 0.493 e. The molecule has 2 N–H and O–H groups in total. The van der Waals surface area contributed by atoms with Crippen molar-refractivity contribution >= 4 is 11.9 Å². The number of carboxylic acids is 1. The van der Waals surface area contributed by atoms with Crippen LogP contribution in [0, 0.1) is 17.5 Å².